The van der Waals surface area contributed by atoms with Gasteiger partial charge in [-0.25, -0.2) is 4.79 Å². The third kappa shape index (κ3) is 3.35. The summed E-state index contributed by atoms with van der Waals surface area (Å²) in [5.41, 5.74) is 1.54. The summed E-state index contributed by atoms with van der Waals surface area (Å²) in [6, 6.07) is 1.76. The van der Waals surface area contributed by atoms with Crippen LogP contribution in [0.1, 0.15) is 48.2 Å². The van der Waals surface area contributed by atoms with Gasteiger partial charge in [-0.2, -0.15) is 0 Å². The van der Waals surface area contributed by atoms with Crippen molar-refractivity contribution in [1.82, 2.24) is 10.3 Å². The Morgan fingerprint density at radius 1 is 1.50 bits per heavy atom. The molecule has 2 rings (SSSR count). The predicted octanol–water partition coefficient (Wildman–Crippen LogP) is 2.47. The summed E-state index contributed by atoms with van der Waals surface area (Å²) in [4.78, 5) is 14.6. The summed E-state index contributed by atoms with van der Waals surface area (Å²) < 4.78 is 4.74. The molecule has 2 N–H and O–H groups in total. The van der Waals surface area contributed by atoms with Gasteiger partial charge in [-0.05, 0) is 24.9 Å². The van der Waals surface area contributed by atoms with Crippen LogP contribution in [-0.4, -0.2) is 24.6 Å². The van der Waals surface area contributed by atoms with Crippen LogP contribution in [0.15, 0.2) is 12.3 Å². The van der Waals surface area contributed by atoms with Gasteiger partial charge in [-0.3, -0.25) is 0 Å². The third-order valence-electron chi connectivity index (χ3n) is 3.74. The van der Waals surface area contributed by atoms with Gasteiger partial charge in [-0.15, -0.1) is 0 Å². The molecule has 1 heterocycles. The molecule has 0 aromatic carbocycles. The molecule has 1 fully saturated rings. The van der Waals surface area contributed by atoms with Gasteiger partial charge in [0.1, 0.15) is 0 Å². The van der Waals surface area contributed by atoms with E-state index in [9.17, 15) is 4.79 Å². The van der Waals surface area contributed by atoms with E-state index in [0.29, 0.717) is 12.1 Å². The predicted molar refractivity (Wildman–Crippen MR) is 70.4 cm³/mol. The number of nitrogens with one attached hydrogen (secondary N) is 2. The van der Waals surface area contributed by atoms with Crippen molar-refractivity contribution in [1.29, 1.82) is 0 Å². The van der Waals surface area contributed by atoms with E-state index < -0.39 is 0 Å². The summed E-state index contributed by atoms with van der Waals surface area (Å²) in [6.07, 6.45) is 8.59. The number of H-pyrrole nitrogens is 1. The Morgan fingerprint density at radius 3 is 3.00 bits per heavy atom. The maximum atomic E-state index is 11.5. The standard InChI is InChI=1S/C14H22N2O2/c1-18-14(17)12-7-9-16-13(12)10-15-8-6-11-4-2-3-5-11/h7,9,11,15-16H,2-6,8,10H2,1H3. The van der Waals surface area contributed by atoms with Gasteiger partial charge in [-0.1, -0.05) is 25.7 Å². The molecule has 1 aromatic rings. The Kier molecular flexibility index (Phi) is 4.81. The number of aromatic amines is 1. The van der Waals surface area contributed by atoms with Crippen molar-refractivity contribution < 1.29 is 9.53 Å². The van der Waals surface area contributed by atoms with E-state index in [-0.39, 0.29) is 5.97 Å². The molecular formula is C14H22N2O2. The summed E-state index contributed by atoms with van der Waals surface area (Å²) in [5.74, 6) is 0.630. The SMILES string of the molecule is COC(=O)c1cc[nH]c1CNCCC1CCCC1. The van der Waals surface area contributed by atoms with E-state index in [1.807, 2.05) is 0 Å². The Hall–Kier alpha value is -1.29. The molecule has 1 aliphatic carbocycles. The quantitative estimate of drug-likeness (QED) is 0.602. The van der Waals surface area contributed by atoms with Crippen LogP contribution in [0, 0.1) is 5.92 Å². The Labute approximate surface area is 108 Å². The second-order valence-corrected chi connectivity index (χ2v) is 4.98. The average molecular weight is 250 g/mol. The van der Waals surface area contributed by atoms with Crippen LogP contribution in [0.5, 0.6) is 0 Å². The fourth-order valence-corrected chi connectivity index (χ4v) is 2.67. The summed E-state index contributed by atoms with van der Waals surface area (Å²) in [7, 11) is 1.41. The third-order valence-corrected chi connectivity index (χ3v) is 3.74. The minimum Gasteiger partial charge on any atom is -0.465 e. The summed E-state index contributed by atoms with van der Waals surface area (Å²) in [6.45, 7) is 1.72. The van der Waals surface area contributed by atoms with E-state index in [1.165, 1.54) is 39.2 Å². The Morgan fingerprint density at radius 2 is 2.28 bits per heavy atom. The van der Waals surface area contributed by atoms with Crippen molar-refractivity contribution in [3.05, 3.63) is 23.5 Å². The Bertz CT molecular complexity index is 381. The normalized spacial score (nSPS) is 16.1. The number of esters is 1. The second-order valence-electron chi connectivity index (χ2n) is 4.98. The molecule has 4 heteroatoms. The molecule has 0 aliphatic heterocycles. The summed E-state index contributed by atoms with van der Waals surface area (Å²) >= 11 is 0. The first-order valence-corrected chi connectivity index (χ1v) is 6.76. The van der Waals surface area contributed by atoms with Crippen molar-refractivity contribution in [2.75, 3.05) is 13.7 Å². The van der Waals surface area contributed by atoms with Crippen LogP contribution in [0.4, 0.5) is 0 Å². The fraction of sp³-hybridized carbons (Fsp3) is 0.643. The molecule has 0 saturated heterocycles. The smallest absolute Gasteiger partial charge is 0.339 e. The van der Waals surface area contributed by atoms with E-state index in [4.69, 9.17) is 4.74 Å². The van der Waals surface area contributed by atoms with E-state index in [1.54, 1.807) is 12.3 Å². The Balaban J connectivity index is 1.72. The second kappa shape index (κ2) is 6.59. The lowest BCUT2D eigenvalue weighted by Gasteiger charge is -2.09. The van der Waals surface area contributed by atoms with Crippen LogP contribution in [-0.2, 0) is 11.3 Å². The first-order valence-electron chi connectivity index (χ1n) is 6.76. The zero-order valence-corrected chi connectivity index (χ0v) is 11.0. The molecule has 0 radical (unpaired) electrons. The molecule has 0 spiro atoms. The zero-order chi connectivity index (χ0) is 12.8. The van der Waals surface area contributed by atoms with Crippen molar-refractivity contribution in [3.8, 4) is 0 Å². The number of aromatic nitrogens is 1. The molecule has 1 aromatic heterocycles. The highest BCUT2D eigenvalue weighted by Gasteiger charge is 2.15. The lowest BCUT2D eigenvalue weighted by molar-refractivity contribution is 0.0599. The minimum atomic E-state index is -0.274. The van der Waals surface area contributed by atoms with Gasteiger partial charge in [0.05, 0.1) is 12.7 Å². The van der Waals surface area contributed by atoms with Gasteiger partial charge < -0.3 is 15.0 Å². The highest BCUT2D eigenvalue weighted by atomic mass is 16.5. The first-order chi connectivity index (χ1) is 8.81. The van der Waals surface area contributed by atoms with Gasteiger partial charge in [0.2, 0.25) is 0 Å². The molecule has 0 atom stereocenters. The molecule has 1 aliphatic rings. The lowest BCUT2D eigenvalue weighted by Crippen LogP contribution is -2.19. The lowest BCUT2D eigenvalue weighted by atomic mass is 10.0. The molecule has 18 heavy (non-hydrogen) atoms. The van der Waals surface area contributed by atoms with Gasteiger partial charge in [0, 0.05) is 18.4 Å². The van der Waals surface area contributed by atoms with Crippen LogP contribution in [0.2, 0.25) is 0 Å². The summed E-state index contributed by atoms with van der Waals surface area (Å²) in [5, 5.41) is 3.40. The van der Waals surface area contributed by atoms with Crippen molar-refractivity contribution in [3.63, 3.8) is 0 Å². The van der Waals surface area contributed by atoms with Crippen LogP contribution in [0.25, 0.3) is 0 Å². The highest BCUT2D eigenvalue weighted by molar-refractivity contribution is 5.90. The molecule has 0 amide bonds. The van der Waals surface area contributed by atoms with Crippen LogP contribution in [0.3, 0.4) is 0 Å². The highest BCUT2D eigenvalue weighted by Crippen LogP contribution is 2.26. The molecule has 4 nitrogen and oxygen atoms in total. The largest absolute Gasteiger partial charge is 0.465 e. The molecular weight excluding hydrogens is 228 g/mol. The van der Waals surface area contributed by atoms with Crippen molar-refractivity contribution in [2.45, 2.75) is 38.6 Å². The maximum absolute atomic E-state index is 11.5. The van der Waals surface area contributed by atoms with Crippen LogP contribution < -0.4 is 5.32 Å². The number of ether oxygens (including phenoxy) is 1. The van der Waals surface area contributed by atoms with Crippen molar-refractivity contribution >= 4 is 5.97 Å². The topological polar surface area (TPSA) is 54.1 Å². The van der Waals surface area contributed by atoms with E-state index in [2.05, 4.69) is 10.3 Å². The average Bonchev–Trinajstić information content (AvgIpc) is 3.04. The number of methoxy groups -OCH3 is 1. The first kappa shape index (κ1) is 13.1. The zero-order valence-electron chi connectivity index (χ0n) is 11.0. The van der Waals surface area contributed by atoms with Crippen LogP contribution >= 0.6 is 0 Å². The number of hydrogen-bond donors (Lipinski definition) is 2. The number of rotatable bonds is 6. The van der Waals surface area contributed by atoms with E-state index in [0.717, 1.165) is 18.2 Å². The molecule has 0 unspecified atom stereocenters. The minimum absolute atomic E-state index is 0.274. The fourth-order valence-electron chi connectivity index (χ4n) is 2.67. The van der Waals surface area contributed by atoms with Gasteiger partial charge >= 0.3 is 5.97 Å². The number of carbonyl (C=O) groups excluding carboxylic acids is 1. The molecule has 1 saturated carbocycles. The number of hydrogen-bond acceptors (Lipinski definition) is 3. The molecule has 0 bridgehead atoms. The maximum Gasteiger partial charge on any atom is 0.339 e. The monoisotopic (exact) mass is 250 g/mol. The van der Waals surface area contributed by atoms with Crippen molar-refractivity contribution in [2.24, 2.45) is 5.92 Å². The molecule has 100 valence electrons. The van der Waals surface area contributed by atoms with Gasteiger partial charge in [0.15, 0.2) is 0 Å². The van der Waals surface area contributed by atoms with E-state index >= 15 is 0 Å². The number of carbonyl (C=O) groups is 1. The van der Waals surface area contributed by atoms with Gasteiger partial charge in [0.25, 0.3) is 0 Å².